The van der Waals surface area contributed by atoms with Crippen molar-refractivity contribution in [3.8, 4) is 67.5 Å². The Morgan fingerprint density at radius 2 is 1.38 bits per heavy atom. The molecule has 0 atom stereocenters. The van der Waals surface area contributed by atoms with Crippen molar-refractivity contribution < 1.29 is 52.1 Å². The summed E-state index contributed by atoms with van der Waals surface area (Å²) in [6.07, 6.45) is -0.610. The molecule has 0 aliphatic rings. The second-order valence-electron chi connectivity index (χ2n) is 20.1. The predicted molar refractivity (Wildman–Crippen MR) is 274 cm³/mol. The summed E-state index contributed by atoms with van der Waals surface area (Å²) in [5, 5.41) is 21.5. The number of nitrogens with zero attached hydrogens (tertiary/aromatic N) is 3. The van der Waals surface area contributed by atoms with Crippen LogP contribution in [0.3, 0.4) is 0 Å². The number of para-hydroxylation sites is 1. The number of hydrogen-bond acceptors (Lipinski definition) is 6. The molecule has 7 nitrogen and oxygen atoms in total. The van der Waals surface area contributed by atoms with Crippen LogP contribution in [0, 0.1) is 6.07 Å². The number of phenols is 1. The molecule has 0 aliphatic heterocycles. The number of aromatic nitrogens is 3. The van der Waals surface area contributed by atoms with Gasteiger partial charge in [-0.1, -0.05) is 161 Å². The Morgan fingerprint density at radius 3 is 2.00 bits per heavy atom. The van der Waals surface area contributed by atoms with Gasteiger partial charge >= 0.3 is 5.97 Å². The Kier molecular flexibility index (Phi) is 11.4. The van der Waals surface area contributed by atoms with Crippen molar-refractivity contribution in [3.05, 3.63) is 167 Å². The molecule has 0 saturated carbocycles. The maximum absolute atomic E-state index is 12.4. The molecular weight excluding hydrogens is 1020 g/mol. The predicted octanol–water partition coefficient (Wildman–Crippen LogP) is 15.9. The minimum atomic E-state index is -1.51. The number of imidazole rings is 1. The quantitative estimate of drug-likeness (QED) is 0.0804. The van der Waals surface area contributed by atoms with E-state index in [4.69, 9.17) is 19.8 Å². The van der Waals surface area contributed by atoms with Crippen molar-refractivity contribution in [1.82, 2.24) is 14.5 Å². The third-order valence-electron chi connectivity index (χ3n) is 12.3. The van der Waals surface area contributed by atoms with E-state index in [0.29, 0.717) is 33.5 Å². The average molecular weight is 1090 g/mol. The molecule has 0 saturated heterocycles. The van der Waals surface area contributed by atoms with Crippen molar-refractivity contribution in [1.29, 1.82) is 0 Å². The Morgan fingerprint density at radius 1 is 0.721 bits per heavy atom. The van der Waals surface area contributed by atoms with Crippen LogP contribution < -0.4 is 0 Å². The van der Waals surface area contributed by atoms with Crippen molar-refractivity contribution in [2.75, 3.05) is 0 Å². The number of phenolic OH excluding ortho intramolecular Hbond substituents is 1. The minimum absolute atomic E-state index is 0. The summed E-state index contributed by atoms with van der Waals surface area (Å²) in [5.41, 5.74) is 7.76. The van der Waals surface area contributed by atoms with Gasteiger partial charge in [0.1, 0.15) is 11.6 Å². The summed E-state index contributed by atoms with van der Waals surface area (Å²) >= 11 is 0. The SMILES string of the molecule is [2H]c1nc(-c2[c-]c(-c3cccc4c3nc(-c3cc(C(C)C)cc(C(C)C)c3O)n4-c3ccc(C([2H])(C)C)cc3-c3ccc(C(C)(C)C)cc3)cc(C(C)(C)C)c2)c([2H])c(-c2c([2H])c([2H])c(C(=O)OO)c([2H])c2[2H])c1[2H].[Pt]. The normalized spacial score (nSPS) is 13.8. The van der Waals surface area contributed by atoms with Crippen LogP contribution >= 0.6 is 0 Å². The molecule has 6 aromatic carbocycles. The molecule has 2 heterocycles. The van der Waals surface area contributed by atoms with Crippen LogP contribution in [0.5, 0.6) is 5.75 Å². The Bertz CT molecular complexity index is 3580. The Labute approximate surface area is 427 Å². The zero-order chi connectivity index (χ0) is 55.1. The number of aromatic hydroxyl groups is 1. The molecule has 0 fully saturated rings. The smallest absolute Gasteiger partial charge is 0.372 e. The molecule has 8 aromatic rings. The van der Waals surface area contributed by atoms with Crippen LogP contribution in [0.15, 0.2) is 127 Å². The van der Waals surface area contributed by atoms with Gasteiger partial charge in [0.2, 0.25) is 0 Å². The molecule has 8 heteroatoms. The van der Waals surface area contributed by atoms with Gasteiger partial charge in [0, 0.05) is 39.9 Å². The molecule has 0 amide bonds. The van der Waals surface area contributed by atoms with Crippen LogP contribution in [-0.4, -0.2) is 30.9 Å². The fraction of sp³-hybridized carbons (Fsp3) is 0.283. The first-order valence-electron chi connectivity index (χ1n) is 26.6. The van der Waals surface area contributed by atoms with Crippen molar-refractivity contribution in [3.63, 3.8) is 0 Å². The van der Waals surface area contributed by atoms with E-state index in [1.807, 2.05) is 90.9 Å². The number of pyridine rings is 1. The molecule has 8 rings (SSSR count). The fourth-order valence-electron chi connectivity index (χ4n) is 8.22. The zero-order valence-electron chi connectivity index (χ0n) is 48.6. The first-order valence-corrected chi connectivity index (χ1v) is 22.6. The van der Waals surface area contributed by atoms with Gasteiger partial charge in [-0.15, -0.1) is 29.3 Å². The van der Waals surface area contributed by atoms with Crippen LogP contribution in [0.25, 0.3) is 72.7 Å². The van der Waals surface area contributed by atoms with E-state index >= 15 is 0 Å². The first kappa shape index (κ1) is 39.8. The average Bonchev–Trinajstić information content (AvgIpc) is 3.74. The molecule has 0 radical (unpaired) electrons. The topological polar surface area (TPSA) is 97.5 Å². The first-order chi connectivity index (χ1) is 35.0. The minimum Gasteiger partial charge on any atom is -0.507 e. The number of benzene rings is 6. The van der Waals surface area contributed by atoms with Gasteiger partial charge in [-0.3, -0.25) is 14.4 Å². The van der Waals surface area contributed by atoms with Crippen LogP contribution in [0.2, 0.25) is 0 Å². The fourth-order valence-corrected chi connectivity index (χ4v) is 8.22. The van der Waals surface area contributed by atoms with E-state index in [9.17, 15) is 11.3 Å². The number of rotatable bonds is 10. The van der Waals surface area contributed by atoms with Crippen molar-refractivity contribution >= 4 is 17.0 Å². The summed E-state index contributed by atoms with van der Waals surface area (Å²) in [6.45, 7) is 24.6. The second kappa shape index (κ2) is 19.5. The standard InChI is InChI=1S/C60H62N3O4.Pt/c1-35(2)41-22-25-53(50(31-41)39-20-23-46(24-21-39)59(7,8)9)63-54-15-13-14-48(55(54)62-57(63)51-33-43(36(3)4)32-49(37(5)6)56(51)64)44-28-45(30-47(29-44)60(10,11)12)52-34-42(26-27-61-52)38-16-18-40(19-17-38)58(65)67-66;/h13-27,29-37,64,66H,1-12H3;/q-1;/i16D,17D,18D,19D,26D,27D,34D,35D;. The van der Waals surface area contributed by atoms with Crippen LogP contribution in [0.4, 0.5) is 0 Å². The Hall–Kier alpha value is -6.14. The molecule has 0 aliphatic carbocycles. The van der Waals surface area contributed by atoms with Crippen LogP contribution in [-0.2, 0) is 36.8 Å². The molecule has 0 bridgehead atoms. The monoisotopic (exact) mass is 1090 g/mol. The largest absolute Gasteiger partial charge is 0.507 e. The molecule has 352 valence electrons. The molecule has 2 N–H and O–H groups in total. The molecule has 0 unspecified atom stereocenters. The maximum atomic E-state index is 12.4. The van der Waals surface area contributed by atoms with Gasteiger partial charge in [-0.2, -0.15) is 5.26 Å². The molecular formula is C60H62N3O4Pt-. The van der Waals surface area contributed by atoms with Gasteiger partial charge in [0.15, 0.2) is 0 Å². The molecule has 0 spiro atoms. The number of fused-ring (bicyclic) bond motifs is 1. The third-order valence-corrected chi connectivity index (χ3v) is 12.3. The van der Waals surface area contributed by atoms with E-state index in [-0.39, 0.29) is 55.3 Å². The van der Waals surface area contributed by atoms with Crippen LogP contribution in [0.1, 0.15) is 150 Å². The van der Waals surface area contributed by atoms with Gasteiger partial charge < -0.3 is 5.11 Å². The Balaban J connectivity index is 0.00000840. The number of carbonyl (C=O) groups excluding carboxylic acids is 1. The summed E-state index contributed by atoms with van der Waals surface area (Å²) in [4.78, 5) is 26.1. The zero-order valence-corrected chi connectivity index (χ0v) is 42.9. The molecule has 2 aromatic heterocycles. The van der Waals surface area contributed by atoms with Gasteiger partial charge in [0.25, 0.3) is 0 Å². The van der Waals surface area contributed by atoms with E-state index < -0.39 is 76.4 Å². The summed E-state index contributed by atoms with van der Waals surface area (Å²) in [6, 6.07) is 27.2. The number of carbonyl (C=O) groups is 1. The van der Waals surface area contributed by atoms with E-state index in [2.05, 4.69) is 91.5 Å². The summed E-state index contributed by atoms with van der Waals surface area (Å²) < 4.78 is 73.3. The summed E-state index contributed by atoms with van der Waals surface area (Å²) in [5.74, 6) is -1.80. The second-order valence-corrected chi connectivity index (χ2v) is 20.1. The van der Waals surface area contributed by atoms with Crippen molar-refractivity contribution in [2.24, 2.45) is 0 Å². The van der Waals surface area contributed by atoms with E-state index in [1.54, 1.807) is 6.07 Å². The van der Waals surface area contributed by atoms with Gasteiger partial charge in [0.05, 0.1) is 37.4 Å². The summed E-state index contributed by atoms with van der Waals surface area (Å²) in [7, 11) is 0. The number of hydrogen-bond donors (Lipinski definition) is 2. The van der Waals surface area contributed by atoms with E-state index in [1.165, 1.54) is 5.56 Å². The molecule has 68 heavy (non-hydrogen) atoms. The maximum Gasteiger partial charge on any atom is 0.372 e. The van der Waals surface area contributed by atoms with Gasteiger partial charge in [-0.05, 0) is 110 Å². The van der Waals surface area contributed by atoms with Gasteiger partial charge in [-0.25, -0.2) is 9.78 Å². The van der Waals surface area contributed by atoms with E-state index in [0.717, 1.165) is 39.1 Å². The van der Waals surface area contributed by atoms with Crippen molar-refractivity contribution in [2.45, 2.75) is 112 Å². The third kappa shape index (κ3) is 9.88.